The van der Waals surface area contributed by atoms with Gasteiger partial charge in [-0.1, -0.05) is 31.4 Å². The van der Waals surface area contributed by atoms with Crippen molar-refractivity contribution in [2.75, 3.05) is 5.75 Å². The van der Waals surface area contributed by atoms with Crippen LogP contribution in [0.4, 0.5) is 0 Å². The molecule has 0 fully saturated rings. The molecule has 0 aliphatic rings. The van der Waals surface area contributed by atoms with Gasteiger partial charge in [-0.2, -0.15) is 12.6 Å². The predicted octanol–water partition coefficient (Wildman–Crippen LogP) is 4.22. The zero-order valence-electron chi connectivity index (χ0n) is 8.47. The van der Waals surface area contributed by atoms with Gasteiger partial charge in [0.2, 0.25) is 0 Å². The van der Waals surface area contributed by atoms with Crippen molar-refractivity contribution < 1.29 is 0 Å². The second kappa shape index (κ2) is 9.18. The normalized spacial score (nSPS) is 12.1. The largest absolute Gasteiger partial charge is 0.179 e. The van der Waals surface area contributed by atoms with E-state index in [0.717, 1.165) is 5.75 Å². The molecule has 0 radical (unpaired) electrons. The van der Waals surface area contributed by atoms with Crippen LogP contribution in [0.1, 0.15) is 52.4 Å². The molecule has 0 saturated heterocycles. The Hall–Kier alpha value is 0.0900. The van der Waals surface area contributed by atoms with Gasteiger partial charge < -0.3 is 0 Å². The minimum absolute atomic E-state index is 1.04. The molecule has 0 aromatic carbocycles. The van der Waals surface area contributed by atoms with Gasteiger partial charge in [0.25, 0.3) is 0 Å². The average molecular weight is 186 g/mol. The minimum Gasteiger partial charge on any atom is -0.179 e. The number of rotatable bonds is 7. The number of unbranched alkanes of at least 4 members (excludes halogenated alkanes) is 3. The lowest BCUT2D eigenvalue weighted by molar-refractivity contribution is 0.730. The van der Waals surface area contributed by atoms with E-state index >= 15 is 0 Å². The number of hydrogen-bond acceptors (Lipinski definition) is 1. The predicted molar refractivity (Wildman–Crippen MR) is 61.0 cm³/mol. The van der Waals surface area contributed by atoms with Crippen molar-refractivity contribution >= 4 is 12.6 Å². The van der Waals surface area contributed by atoms with Gasteiger partial charge in [0, 0.05) is 0 Å². The second-order valence-corrected chi connectivity index (χ2v) is 3.82. The summed E-state index contributed by atoms with van der Waals surface area (Å²) < 4.78 is 0. The van der Waals surface area contributed by atoms with Crippen LogP contribution in [0.3, 0.4) is 0 Å². The molecule has 0 saturated carbocycles. The van der Waals surface area contributed by atoms with E-state index in [1.165, 1.54) is 38.5 Å². The van der Waals surface area contributed by atoms with Crippen LogP contribution in [0.2, 0.25) is 0 Å². The molecule has 0 aromatic heterocycles. The molecule has 12 heavy (non-hydrogen) atoms. The maximum absolute atomic E-state index is 4.18. The Morgan fingerprint density at radius 1 is 1.25 bits per heavy atom. The van der Waals surface area contributed by atoms with Crippen LogP contribution in [0.5, 0.6) is 0 Å². The van der Waals surface area contributed by atoms with Crippen LogP contribution >= 0.6 is 12.6 Å². The lowest BCUT2D eigenvalue weighted by Crippen LogP contribution is -1.79. The van der Waals surface area contributed by atoms with Crippen molar-refractivity contribution in [1.29, 1.82) is 0 Å². The average Bonchev–Trinajstić information content (AvgIpc) is 2.05. The summed E-state index contributed by atoms with van der Waals surface area (Å²) in [7, 11) is 0. The maximum atomic E-state index is 4.18. The van der Waals surface area contributed by atoms with Crippen LogP contribution in [0.25, 0.3) is 0 Å². The van der Waals surface area contributed by atoms with Gasteiger partial charge in [-0.25, -0.2) is 0 Å². The fourth-order valence-electron chi connectivity index (χ4n) is 1.28. The van der Waals surface area contributed by atoms with Crippen molar-refractivity contribution in [2.24, 2.45) is 0 Å². The molecule has 0 aromatic rings. The zero-order chi connectivity index (χ0) is 9.23. The molecule has 0 amide bonds. The highest BCUT2D eigenvalue weighted by molar-refractivity contribution is 7.80. The van der Waals surface area contributed by atoms with E-state index in [-0.39, 0.29) is 0 Å². The molecule has 0 nitrogen and oxygen atoms in total. The molecule has 0 aliphatic heterocycles. The summed E-state index contributed by atoms with van der Waals surface area (Å²) in [5.41, 5.74) is 1.56. The molecular weight excluding hydrogens is 164 g/mol. The summed E-state index contributed by atoms with van der Waals surface area (Å²) >= 11 is 4.18. The first kappa shape index (κ1) is 12.1. The highest BCUT2D eigenvalue weighted by atomic mass is 32.1. The van der Waals surface area contributed by atoms with Gasteiger partial charge in [0.1, 0.15) is 0 Å². The fraction of sp³-hybridized carbons (Fsp3) is 0.818. The van der Waals surface area contributed by atoms with Gasteiger partial charge in [-0.15, -0.1) is 0 Å². The van der Waals surface area contributed by atoms with E-state index in [1.54, 1.807) is 5.57 Å². The Bertz CT molecular complexity index is 116. The Morgan fingerprint density at radius 3 is 2.58 bits per heavy atom. The van der Waals surface area contributed by atoms with E-state index < -0.39 is 0 Å². The fourth-order valence-corrected chi connectivity index (χ4v) is 1.50. The standard InChI is InChI=1S/C11H22S/c1-3-8-11(2)9-6-4-5-7-10-12/h9,12H,3-8,10H2,1-2H3/b11-9+. The first-order valence-electron chi connectivity index (χ1n) is 5.07. The molecule has 0 spiro atoms. The second-order valence-electron chi connectivity index (χ2n) is 3.37. The van der Waals surface area contributed by atoms with Gasteiger partial charge in [-0.3, -0.25) is 0 Å². The molecule has 0 aliphatic carbocycles. The van der Waals surface area contributed by atoms with Crippen molar-refractivity contribution in [2.45, 2.75) is 52.4 Å². The quantitative estimate of drug-likeness (QED) is 0.343. The van der Waals surface area contributed by atoms with E-state index in [2.05, 4.69) is 32.6 Å². The Morgan fingerprint density at radius 2 is 2.00 bits per heavy atom. The molecule has 0 N–H and O–H groups in total. The third kappa shape index (κ3) is 8.19. The molecule has 0 heterocycles. The first-order chi connectivity index (χ1) is 5.81. The summed E-state index contributed by atoms with van der Waals surface area (Å²) in [5, 5.41) is 0. The highest BCUT2D eigenvalue weighted by Gasteiger charge is 1.88. The molecular formula is C11H22S. The van der Waals surface area contributed by atoms with Crippen molar-refractivity contribution in [3.8, 4) is 0 Å². The number of allylic oxidation sites excluding steroid dienone is 2. The Balaban J connectivity index is 3.21. The van der Waals surface area contributed by atoms with E-state index in [9.17, 15) is 0 Å². The van der Waals surface area contributed by atoms with E-state index in [4.69, 9.17) is 0 Å². The lowest BCUT2D eigenvalue weighted by atomic mass is 10.1. The Labute approximate surface area is 82.9 Å². The van der Waals surface area contributed by atoms with E-state index in [1.807, 2.05) is 0 Å². The van der Waals surface area contributed by atoms with Crippen LogP contribution in [-0.4, -0.2) is 5.75 Å². The van der Waals surface area contributed by atoms with E-state index in [0.29, 0.717) is 0 Å². The van der Waals surface area contributed by atoms with Crippen molar-refractivity contribution in [3.63, 3.8) is 0 Å². The van der Waals surface area contributed by atoms with Crippen LogP contribution < -0.4 is 0 Å². The van der Waals surface area contributed by atoms with Crippen LogP contribution in [-0.2, 0) is 0 Å². The summed E-state index contributed by atoms with van der Waals surface area (Å²) in [6, 6.07) is 0. The molecule has 1 heteroatoms. The van der Waals surface area contributed by atoms with Gasteiger partial charge in [0.15, 0.2) is 0 Å². The third-order valence-electron chi connectivity index (χ3n) is 2.00. The van der Waals surface area contributed by atoms with Crippen molar-refractivity contribution in [1.82, 2.24) is 0 Å². The van der Waals surface area contributed by atoms with Gasteiger partial charge in [-0.05, 0) is 38.4 Å². The highest BCUT2D eigenvalue weighted by Crippen LogP contribution is 2.08. The molecule has 0 unspecified atom stereocenters. The monoisotopic (exact) mass is 186 g/mol. The molecule has 0 bridgehead atoms. The van der Waals surface area contributed by atoms with Gasteiger partial charge >= 0.3 is 0 Å². The number of thiol groups is 1. The topological polar surface area (TPSA) is 0 Å². The van der Waals surface area contributed by atoms with Crippen molar-refractivity contribution in [3.05, 3.63) is 11.6 Å². The smallest absolute Gasteiger partial charge is 0.00979 e. The summed E-state index contributed by atoms with van der Waals surface area (Å²) in [5.74, 6) is 1.04. The maximum Gasteiger partial charge on any atom is -0.00979 e. The SMILES string of the molecule is CCC/C(C)=C/CCCCCS. The molecule has 0 rings (SSSR count). The third-order valence-corrected chi connectivity index (χ3v) is 2.32. The summed E-state index contributed by atoms with van der Waals surface area (Å²) in [6.45, 7) is 4.47. The lowest BCUT2D eigenvalue weighted by Gasteiger charge is -1.98. The molecule has 0 atom stereocenters. The van der Waals surface area contributed by atoms with Crippen LogP contribution in [0, 0.1) is 0 Å². The van der Waals surface area contributed by atoms with Crippen LogP contribution in [0.15, 0.2) is 11.6 Å². The summed E-state index contributed by atoms with van der Waals surface area (Å²) in [6.07, 6.45) is 10.1. The summed E-state index contributed by atoms with van der Waals surface area (Å²) in [4.78, 5) is 0. The first-order valence-corrected chi connectivity index (χ1v) is 5.71. The zero-order valence-corrected chi connectivity index (χ0v) is 9.37. The molecule has 72 valence electrons. The minimum atomic E-state index is 1.04. The van der Waals surface area contributed by atoms with Gasteiger partial charge in [0.05, 0.1) is 0 Å². The number of hydrogen-bond donors (Lipinski definition) is 1. The Kier molecular flexibility index (Phi) is 9.25.